The van der Waals surface area contributed by atoms with Gasteiger partial charge in [-0.15, -0.1) is 0 Å². The Morgan fingerprint density at radius 2 is 2.00 bits per heavy atom. The highest BCUT2D eigenvalue weighted by Crippen LogP contribution is 2.48. The second kappa shape index (κ2) is 8.25. The number of rotatable bonds is 7. The van der Waals surface area contributed by atoms with Crippen molar-refractivity contribution in [1.29, 1.82) is 0 Å². The molecule has 1 aliphatic heterocycles. The molecule has 2 N–H and O–H groups in total. The van der Waals surface area contributed by atoms with E-state index in [0.29, 0.717) is 18.5 Å². The summed E-state index contributed by atoms with van der Waals surface area (Å²) in [6.45, 7) is 11.5. The molecule has 1 heterocycles. The van der Waals surface area contributed by atoms with Gasteiger partial charge < -0.3 is 25.0 Å². The molecule has 1 aliphatic carbocycles. The number of carbonyl (C=O) groups excluding carboxylic acids is 1. The summed E-state index contributed by atoms with van der Waals surface area (Å²) in [5, 5.41) is 6.81. The van der Waals surface area contributed by atoms with Crippen LogP contribution in [-0.2, 0) is 9.47 Å². The normalized spacial score (nSPS) is 20.0. The van der Waals surface area contributed by atoms with E-state index in [0.717, 1.165) is 32.1 Å². The summed E-state index contributed by atoms with van der Waals surface area (Å²) < 4.78 is 10.8. The van der Waals surface area contributed by atoms with Crippen molar-refractivity contribution in [2.45, 2.75) is 58.6 Å². The highest BCUT2D eigenvalue weighted by atomic mass is 16.6. The molecule has 144 valence electrons. The fraction of sp³-hybridized carbons (Fsp3) is 0.889. The predicted molar refractivity (Wildman–Crippen MR) is 98.9 cm³/mol. The molecule has 0 aromatic heterocycles. The Labute approximate surface area is 151 Å². The Kier molecular flexibility index (Phi) is 6.54. The van der Waals surface area contributed by atoms with E-state index in [-0.39, 0.29) is 12.1 Å². The quantitative estimate of drug-likeness (QED) is 0.415. The van der Waals surface area contributed by atoms with Crippen LogP contribution in [-0.4, -0.2) is 68.5 Å². The molecule has 0 radical (unpaired) electrons. The molecule has 0 bridgehead atoms. The number of nitrogens with one attached hydrogen (secondary N) is 2. The molecule has 0 atom stereocenters. The first-order valence-corrected chi connectivity index (χ1v) is 9.30. The summed E-state index contributed by atoms with van der Waals surface area (Å²) in [6.07, 6.45) is 3.35. The average molecular weight is 354 g/mol. The van der Waals surface area contributed by atoms with Gasteiger partial charge in [0.1, 0.15) is 5.60 Å². The number of amides is 1. The van der Waals surface area contributed by atoms with Crippen LogP contribution in [0.4, 0.5) is 4.79 Å². The zero-order valence-electron chi connectivity index (χ0n) is 16.4. The summed E-state index contributed by atoms with van der Waals surface area (Å²) in [7, 11) is 1.78. The van der Waals surface area contributed by atoms with E-state index >= 15 is 0 Å². The maximum absolute atomic E-state index is 12.0. The maximum atomic E-state index is 12.0. The van der Waals surface area contributed by atoms with Crippen LogP contribution in [0.2, 0.25) is 0 Å². The molecule has 1 amide bonds. The van der Waals surface area contributed by atoms with Gasteiger partial charge in [0.15, 0.2) is 5.96 Å². The number of hydrogen-bond acceptors (Lipinski definition) is 4. The molecule has 2 aliphatic rings. The van der Waals surface area contributed by atoms with E-state index in [1.807, 2.05) is 27.7 Å². The number of carbonyl (C=O) groups is 1. The predicted octanol–water partition coefficient (Wildman–Crippen LogP) is 1.98. The minimum Gasteiger partial charge on any atom is -0.444 e. The lowest BCUT2D eigenvalue weighted by molar-refractivity contribution is 0.00701. The highest BCUT2D eigenvalue weighted by molar-refractivity contribution is 5.80. The molecule has 7 heteroatoms. The fourth-order valence-corrected chi connectivity index (χ4v) is 2.83. The Morgan fingerprint density at radius 3 is 2.52 bits per heavy atom. The average Bonchev–Trinajstić information content (AvgIpc) is 3.24. The third kappa shape index (κ3) is 6.38. The summed E-state index contributed by atoms with van der Waals surface area (Å²) in [5.41, 5.74) is -0.0811. The fourth-order valence-electron chi connectivity index (χ4n) is 2.83. The van der Waals surface area contributed by atoms with Crippen molar-refractivity contribution < 1.29 is 14.3 Å². The van der Waals surface area contributed by atoms with Crippen LogP contribution in [0.25, 0.3) is 0 Å². The van der Waals surface area contributed by atoms with Crippen molar-refractivity contribution >= 4 is 12.1 Å². The Hall–Kier alpha value is -1.50. The van der Waals surface area contributed by atoms with E-state index in [1.54, 1.807) is 11.9 Å². The van der Waals surface area contributed by atoms with Crippen molar-refractivity contribution in [1.82, 2.24) is 15.5 Å². The minimum atomic E-state index is -0.451. The highest BCUT2D eigenvalue weighted by Gasteiger charge is 2.42. The van der Waals surface area contributed by atoms with Crippen molar-refractivity contribution in [2.75, 3.05) is 39.9 Å². The number of aliphatic imine (C=N–C) groups is 1. The van der Waals surface area contributed by atoms with E-state index in [4.69, 9.17) is 9.47 Å². The van der Waals surface area contributed by atoms with Crippen LogP contribution in [0, 0.1) is 5.41 Å². The van der Waals surface area contributed by atoms with Gasteiger partial charge in [-0.05, 0) is 52.4 Å². The number of ether oxygens (including phenoxy) is 2. The van der Waals surface area contributed by atoms with Crippen LogP contribution in [0.1, 0.15) is 47.0 Å². The number of likely N-dealkylation sites (tertiary alicyclic amines) is 1. The first-order valence-electron chi connectivity index (χ1n) is 9.30. The minimum absolute atomic E-state index is 0.220. The summed E-state index contributed by atoms with van der Waals surface area (Å²) in [6, 6.07) is 0.220. The number of guanidine groups is 1. The van der Waals surface area contributed by atoms with Crippen molar-refractivity contribution in [3.8, 4) is 0 Å². The monoisotopic (exact) mass is 354 g/mol. The smallest absolute Gasteiger partial charge is 0.410 e. The van der Waals surface area contributed by atoms with Crippen LogP contribution in [0.3, 0.4) is 0 Å². The zero-order valence-corrected chi connectivity index (χ0v) is 16.4. The first-order chi connectivity index (χ1) is 11.8. The van der Waals surface area contributed by atoms with Crippen LogP contribution in [0.15, 0.2) is 4.99 Å². The molecule has 2 rings (SSSR count). The van der Waals surface area contributed by atoms with Gasteiger partial charge in [-0.25, -0.2) is 4.79 Å². The van der Waals surface area contributed by atoms with Crippen molar-refractivity contribution in [3.05, 3.63) is 0 Å². The third-order valence-electron chi connectivity index (χ3n) is 4.67. The largest absolute Gasteiger partial charge is 0.444 e. The number of nitrogens with zero attached hydrogens (tertiary/aromatic N) is 2. The topological polar surface area (TPSA) is 75.2 Å². The molecule has 1 saturated heterocycles. The van der Waals surface area contributed by atoms with Gasteiger partial charge >= 0.3 is 6.09 Å². The Morgan fingerprint density at radius 1 is 1.32 bits per heavy atom. The van der Waals surface area contributed by atoms with Gasteiger partial charge in [0.05, 0.1) is 6.04 Å². The molecule has 0 aromatic rings. The molecular weight excluding hydrogens is 320 g/mol. The molecule has 1 saturated carbocycles. The van der Waals surface area contributed by atoms with Gasteiger partial charge in [-0.3, -0.25) is 4.99 Å². The first kappa shape index (κ1) is 19.8. The van der Waals surface area contributed by atoms with Crippen molar-refractivity contribution in [2.24, 2.45) is 10.4 Å². The lowest BCUT2D eigenvalue weighted by Crippen LogP contribution is -2.63. The van der Waals surface area contributed by atoms with Gasteiger partial charge in [0.25, 0.3) is 0 Å². The Balaban J connectivity index is 1.66. The molecule has 0 unspecified atom stereocenters. The Bertz CT molecular complexity index is 477. The molecule has 2 fully saturated rings. The molecule has 0 spiro atoms. The lowest BCUT2D eigenvalue weighted by Gasteiger charge is -2.40. The molecule has 25 heavy (non-hydrogen) atoms. The molecular formula is C18H34N4O3. The van der Waals surface area contributed by atoms with Gasteiger partial charge in [0.2, 0.25) is 0 Å². The molecule has 7 nitrogen and oxygen atoms in total. The molecule has 0 aromatic carbocycles. The van der Waals surface area contributed by atoms with E-state index in [9.17, 15) is 4.79 Å². The van der Waals surface area contributed by atoms with Crippen LogP contribution < -0.4 is 10.6 Å². The standard InChI is InChI=1S/C18H34N4O3/c1-6-24-10-9-18(7-8-18)13-20-15(19-5)21-14-11-22(12-14)16(23)25-17(2,3)4/h14H,6-13H2,1-5H3,(H2,19,20,21). The van der Waals surface area contributed by atoms with E-state index < -0.39 is 5.60 Å². The number of hydrogen-bond donors (Lipinski definition) is 2. The zero-order chi connectivity index (χ0) is 18.5. The third-order valence-corrected chi connectivity index (χ3v) is 4.67. The lowest BCUT2D eigenvalue weighted by atomic mass is 10.0. The van der Waals surface area contributed by atoms with Crippen LogP contribution >= 0.6 is 0 Å². The van der Waals surface area contributed by atoms with Crippen molar-refractivity contribution in [3.63, 3.8) is 0 Å². The van der Waals surface area contributed by atoms with Gasteiger partial charge in [0, 0.05) is 39.9 Å². The van der Waals surface area contributed by atoms with Gasteiger partial charge in [-0.2, -0.15) is 0 Å². The van der Waals surface area contributed by atoms with E-state index in [1.165, 1.54) is 12.8 Å². The SMILES string of the molecule is CCOCCC1(CNC(=NC)NC2CN(C(=O)OC(C)(C)C)C2)CC1. The second-order valence-electron chi connectivity index (χ2n) is 8.10. The van der Waals surface area contributed by atoms with E-state index in [2.05, 4.69) is 15.6 Å². The summed E-state index contributed by atoms with van der Waals surface area (Å²) in [4.78, 5) is 18.0. The van der Waals surface area contributed by atoms with Crippen LogP contribution in [0.5, 0.6) is 0 Å². The summed E-state index contributed by atoms with van der Waals surface area (Å²) in [5.74, 6) is 0.802. The summed E-state index contributed by atoms with van der Waals surface area (Å²) >= 11 is 0. The van der Waals surface area contributed by atoms with Gasteiger partial charge in [-0.1, -0.05) is 0 Å². The maximum Gasteiger partial charge on any atom is 0.410 e. The second-order valence-corrected chi connectivity index (χ2v) is 8.10.